The second-order valence-electron chi connectivity index (χ2n) is 17.9. The standard InChI is InChI=1S/C52H94N2O4S2.2HI/c1-5-7-9-11-13-15-17-19-21-23-25-27-31-35-41-53-45-59-49(47(53)3)39-43-57-51(55)37-33-29-30-34-38-52(56)58-44-40-50-48(4)54(46-60-50)42-36-32-28-26-24-22-20-18-16-14-12-10-8-6-2;;/h45-46H,5-44H2,1-4H3;2*1H/q+2;;/p-2. The maximum atomic E-state index is 12.3. The molecule has 0 bridgehead atoms. The summed E-state index contributed by atoms with van der Waals surface area (Å²) < 4.78 is 15.9. The van der Waals surface area contributed by atoms with Crippen LogP contribution in [0, 0.1) is 13.8 Å². The number of carbonyl (C=O) groups excluding carboxylic acids is 2. The molecule has 0 spiro atoms. The van der Waals surface area contributed by atoms with Crippen molar-refractivity contribution >= 4 is 34.6 Å². The average molecular weight is 1130 g/mol. The molecule has 362 valence electrons. The molecule has 0 aliphatic rings. The molecule has 0 saturated heterocycles. The maximum absolute atomic E-state index is 12.3. The summed E-state index contributed by atoms with van der Waals surface area (Å²) in [6.45, 7) is 12.1. The van der Waals surface area contributed by atoms with Gasteiger partial charge in [-0.05, 0) is 25.7 Å². The second-order valence-corrected chi connectivity index (χ2v) is 19.8. The van der Waals surface area contributed by atoms with Crippen molar-refractivity contribution in [2.24, 2.45) is 0 Å². The number of hydrogen-bond acceptors (Lipinski definition) is 6. The quantitative estimate of drug-likeness (QED) is 0.0288. The van der Waals surface area contributed by atoms with Crippen LogP contribution < -0.4 is 57.1 Å². The van der Waals surface area contributed by atoms with E-state index in [1.165, 1.54) is 201 Å². The number of hydrogen-bond donors (Lipinski definition) is 0. The van der Waals surface area contributed by atoms with E-state index in [0.29, 0.717) is 26.1 Å². The van der Waals surface area contributed by atoms with Crippen LogP contribution in [0.25, 0.3) is 0 Å². The minimum Gasteiger partial charge on any atom is -1.00 e. The molecule has 6 nitrogen and oxygen atoms in total. The summed E-state index contributed by atoms with van der Waals surface area (Å²) in [6.07, 6.45) is 44.8. The summed E-state index contributed by atoms with van der Waals surface area (Å²) in [5.74, 6) is -0.215. The summed E-state index contributed by atoms with van der Waals surface area (Å²) in [5, 5.41) is 0. The van der Waals surface area contributed by atoms with E-state index in [1.807, 2.05) is 0 Å². The van der Waals surface area contributed by atoms with Crippen molar-refractivity contribution in [3.05, 3.63) is 32.2 Å². The van der Waals surface area contributed by atoms with Gasteiger partial charge < -0.3 is 57.4 Å². The molecular weight excluding hydrogens is 1030 g/mol. The van der Waals surface area contributed by atoms with E-state index in [9.17, 15) is 9.59 Å². The Morgan fingerprint density at radius 3 is 0.968 bits per heavy atom. The Kier molecular flexibility index (Phi) is 44.3. The lowest BCUT2D eigenvalue weighted by atomic mass is 10.0. The van der Waals surface area contributed by atoms with Crippen molar-refractivity contribution in [2.75, 3.05) is 13.2 Å². The highest BCUT2D eigenvalue weighted by atomic mass is 127. The number of unbranched alkanes of at least 4 members (excludes halogenated alkanes) is 29. The first kappa shape index (κ1) is 61.7. The molecule has 2 aromatic heterocycles. The first-order chi connectivity index (χ1) is 29.5. The molecule has 0 aliphatic heterocycles. The van der Waals surface area contributed by atoms with Crippen molar-refractivity contribution in [3.63, 3.8) is 0 Å². The molecule has 0 fully saturated rings. The van der Waals surface area contributed by atoms with Gasteiger partial charge in [0.25, 0.3) is 0 Å². The van der Waals surface area contributed by atoms with Gasteiger partial charge in [-0.15, -0.1) is 0 Å². The first-order valence-electron chi connectivity index (χ1n) is 25.7. The molecule has 62 heavy (non-hydrogen) atoms. The van der Waals surface area contributed by atoms with Gasteiger partial charge in [0.15, 0.2) is 11.4 Å². The van der Waals surface area contributed by atoms with Gasteiger partial charge in [0.1, 0.15) is 13.1 Å². The Morgan fingerprint density at radius 1 is 0.419 bits per heavy atom. The number of aryl methyl sites for hydroxylation is 2. The van der Waals surface area contributed by atoms with Gasteiger partial charge in [-0.1, -0.05) is 203 Å². The van der Waals surface area contributed by atoms with Crippen LogP contribution in [0.15, 0.2) is 11.0 Å². The third-order valence-corrected chi connectivity index (χ3v) is 14.8. The molecule has 0 radical (unpaired) electrons. The van der Waals surface area contributed by atoms with E-state index in [0.717, 1.165) is 51.6 Å². The summed E-state index contributed by atoms with van der Waals surface area (Å²) >= 11 is 3.58. The maximum Gasteiger partial charge on any atom is 0.305 e. The SMILES string of the molecule is CCCCCCCCCCCCCCCC[n+]1csc(CCOC(=O)CCCCCCC(=O)OCCc2sc[n+](CCCCCCCCCCCCCCCC)c2C)c1C.[I-].[I-]. The van der Waals surface area contributed by atoms with Gasteiger partial charge in [0.05, 0.1) is 23.0 Å². The molecule has 2 aromatic rings. The number of aromatic nitrogens is 2. The Balaban J connectivity index is 0.0000186. The molecule has 0 aliphatic carbocycles. The van der Waals surface area contributed by atoms with Gasteiger partial charge >= 0.3 is 11.9 Å². The van der Waals surface area contributed by atoms with Crippen molar-refractivity contribution in [2.45, 2.75) is 272 Å². The van der Waals surface area contributed by atoms with Crippen molar-refractivity contribution in [3.8, 4) is 0 Å². The lowest BCUT2D eigenvalue weighted by Gasteiger charge is -2.05. The fourth-order valence-electron chi connectivity index (χ4n) is 8.33. The molecule has 0 unspecified atom stereocenters. The number of ether oxygens (including phenoxy) is 2. The lowest BCUT2D eigenvalue weighted by molar-refractivity contribution is -0.698. The highest BCUT2D eigenvalue weighted by Crippen LogP contribution is 2.17. The minimum absolute atomic E-state index is 0. The third-order valence-electron chi connectivity index (χ3n) is 12.5. The Bertz CT molecular complexity index is 1220. The number of halogens is 2. The molecular formula is C52H94I2N2O4S2. The summed E-state index contributed by atoms with van der Waals surface area (Å²) in [4.78, 5) is 27.3. The van der Waals surface area contributed by atoms with E-state index >= 15 is 0 Å². The zero-order valence-corrected chi connectivity index (χ0v) is 46.5. The highest BCUT2D eigenvalue weighted by molar-refractivity contribution is 7.09. The normalized spacial score (nSPS) is 11.1. The summed E-state index contributed by atoms with van der Waals surface area (Å²) in [5.41, 5.74) is 7.13. The van der Waals surface area contributed by atoms with Gasteiger partial charge in [-0.3, -0.25) is 9.59 Å². The average Bonchev–Trinajstić information content (AvgIpc) is 3.78. The van der Waals surface area contributed by atoms with Crippen LogP contribution in [0.4, 0.5) is 0 Å². The van der Waals surface area contributed by atoms with Crippen molar-refractivity contribution in [1.82, 2.24) is 0 Å². The van der Waals surface area contributed by atoms with E-state index in [4.69, 9.17) is 9.47 Å². The Labute approximate surface area is 424 Å². The van der Waals surface area contributed by atoms with Crippen LogP contribution in [-0.2, 0) is 45.0 Å². The van der Waals surface area contributed by atoms with Gasteiger partial charge in [-0.2, -0.15) is 9.13 Å². The van der Waals surface area contributed by atoms with Crippen LogP contribution in [0.5, 0.6) is 0 Å². The van der Waals surface area contributed by atoms with Crippen LogP contribution in [0.1, 0.15) is 253 Å². The Hall–Kier alpha value is -0.340. The summed E-state index contributed by atoms with van der Waals surface area (Å²) in [7, 11) is 0. The fraction of sp³-hybridized carbons (Fsp3) is 0.846. The topological polar surface area (TPSA) is 60.4 Å². The number of nitrogens with zero attached hydrogens (tertiary/aromatic N) is 2. The predicted molar refractivity (Wildman–Crippen MR) is 256 cm³/mol. The number of rotatable bonds is 43. The summed E-state index contributed by atoms with van der Waals surface area (Å²) in [6, 6.07) is 0. The predicted octanol–water partition coefficient (Wildman–Crippen LogP) is 9.18. The second kappa shape index (κ2) is 44.5. The monoisotopic (exact) mass is 1130 g/mol. The third kappa shape index (κ3) is 33.2. The molecule has 0 aromatic carbocycles. The fourth-order valence-corrected chi connectivity index (χ4v) is 10.3. The number of thiazole rings is 2. The van der Waals surface area contributed by atoms with Crippen LogP contribution >= 0.6 is 22.7 Å². The van der Waals surface area contributed by atoms with Crippen molar-refractivity contribution < 1.29 is 76.2 Å². The lowest BCUT2D eigenvalue weighted by Crippen LogP contribution is -3.00. The van der Waals surface area contributed by atoms with Crippen LogP contribution in [-0.4, -0.2) is 25.2 Å². The van der Waals surface area contributed by atoms with E-state index < -0.39 is 0 Å². The molecule has 0 amide bonds. The Morgan fingerprint density at radius 2 is 0.677 bits per heavy atom. The molecule has 0 atom stereocenters. The minimum atomic E-state index is -0.108. The molecule has 0 saturated carbocycles. The largest absolute Gasteiger partial charge is 1.00 e. The molecule has 10 heteroatoms. The smallest absolute Gasteiger partial charge is 0.305 e. The van der Waals surface area contributed by atoms with E-state index in [-0.39, 0.29) is 59.9 Å². The molecule has 2 rings (SSSR count). The zero-order valence-electron chi connectivity index (χ0n) is 40.5. The zero-order chi connectivity index (χ0) is 43.1. The van der Waals surface area contributed by atoms with Gasteiger partial charge in [0, 0.05) is 52.4 Å². The van der Waals surface area contributed by atoms with E-state index in [2.05, 4.69) is 47.9 Å². The highest BCUT2D eigenvalue weighted by Gasteiger charge is 2.17. The van der Waals surface area contributed by atoms with Crippen LogP contribution in [0.2, 0.25) is 0 Å². The molecule has 2 heterocycles. The van der Waals surface area contributed by atoms with Crippen LogP contribution in [0.3, 0.4) is 0 Å². The van der Waals surface area contributed by atoms with Gasteiger partial charge in [-0.25, -0.2) is 0 Å². The number of esters is 2. The molecule has 0 N–H and O–H groups in total. The van der Waals surface area contributed by atoms with E-state index in [1.54, 1.807) is 22.7 Å². The van der Waals surface area contributed by atoms with Gasteiger partial charge in [0.2, 0.25) is 11.0 Å². The number of carbonyl (C=O) groups is 2. The van der Waals surface area contributed by atoms with Crippen molar-refractivity contribution in [1.29, 1.82) is 0 Å². The first-order valence-corrected chi connectivity index (χ1v) is 27.5.